The summed E-state index contributed by atoms with van der Waals surface area (Å²) >= 11 is 0. The van der Waals surface area contributed by atoms with Crippen molar-refractivity contribution in [2.75, 3.05) is 33.7 Å². The molecule has 1 fully saturated rings. The van der Waals surface area contributed by atoms with Gasteiger partial charge in [0.15, 0.2) is 0 Å². The molecule has 1 saturated heterocycles. The Morgan fingerprint density at radius 2 is 1.74 bits per heavy atom. The number of carbonyl (C=O) groups is 2. The minimum Gasteiger partial charge on any atom is -0.385 e. The number of amides is 3. The van der Waals surface area contributed by atoms with Crippen molar-refractivity contribution in [1.29, 1.82) is 0 Å². The fourth-order valence-electron chi connectivity index (χ4n) is 3.50. The van der Waals surface area contributed by atoms with Gasteiger partial charge in [-0.1, -0.05) is 35.3 Å². The number of likely N-dealkylation sites (N-methyl/N-ethyl adjacent to an activating group) is 2. The molecule has 8 heteroatoms. The van der Waals surface area contributed by atoms with E-state index in [1.54, 1.807) is 7.05 Å². The Labute approximate surface area is 159 Å². The van der Waals surface area contributed by atoms with Gasteiger partial charge in [0, 0.05) is 14.1 Å². The van der Waals surface area contributed by atoms with E-state index in [1.807, 2.05) is 53.7 Å². The molecular weight excluding hydrogens is 346 g/mol. The number of fused-ring (bicyclic) bond motifs is 1. The van der Waals surface area contributed by atoms with Crippen molar-refractivity contribution >= 4 is 23.7 Å². The molecule has 3 rings (SSSR count). The third-order valence-electron chi connectivity index (χ3n) is 5.11. The van der Waals surface area contributed by atoms with Crippen LogP contribution < -0.4 is 0 Å². The molecular formula is C19H26N5O3+. The van der Waals surface area contributed by atoms with Gasteiger partial charge < -0.3 is 5.11 Å². The van der Waals surface area contributed by atoms with E-state index in [9.17, 15) is 14.7 Å². The molecule has 3 amide bonds. The predicted molar refractivity (Wildman–Crippen MR) is 102 cm³/mol. The summed E-state index contributed by atoms with van der Waals surface area (Å²) in [5.74, 6) is 0.683. The molecule has 0 radical (unpaired) electrons. The minimum atomic E-state index is -0.785. The van der Waals surface area contributed by atoms with E-state index in [0.717, 1.165) is 10.5 Å². The summed E-state index contributed by atoms with van der Waals surface area (Å²) in [4.78, 5) is 34.1. The molecule has 1 aromatic rings. The summed E-state index contributed by atoms with van der Waals surface area (Å²) in [7, 11) is 3.09. The van der Waals surface area contributed by atoms with Crippen molar-refractivity contribution in [2.24, 2.45) is 4.99 Å². The van der Waals surface area contributed by atoms with Crippen LogP contribution in [0.25, 0.3) is 0 Å². The van der Waals surface area contributed by atoms with Gasteiger partial charge in [-0.2, -0.15) is 0 Å². The van der Waals surface area contributed by atoms with E-state index in [4.69, 9.17) is 0 Å². The smallest absolute Gasteiger partial charge is 0.385 e. The summed E-state index contributed by atoms with van der Waals surface area (Å²) in [6.07, 6.45) is -0.785. The number of carbonyl (C=O) groups excluding carboxylic acids is 2. The molecule has 144 valence electrons. The molecule has 0 aliphatic carbocycles. The third-order valence-corrected chi connectivity index (χ3v) is 5.11. The Kier molecular flexibility index (Phi) is 5.27. The van der Waals surface area contributed by atoms with Crippen LogP contribution >= 0.6 is 0 Å². The third kappa shape index (κ3) is 3.21. The number of amidine groups is 1. The number of urea groups is 1. The number of aliphatic hydroxyl groups is 1. The first kappa shape index (κ1) is 19.0. The van der Waals surface area contributed by atoms with Crippen LogP contribution in [-0.4, -0.2) is 87.9 Å². The average Bonchev–Trinajstić information content (AvgIpc) is 3.05. The van der Waals surface area contributed by atoms with Crippen LogP contribution in [-0.2, 0) is 4.79 Å². The quantitative estimate of drug-likeness (QED) is 0.773. The average molecular weight is 372 g/mol. The summed E-state index contributed by atoms with van der Waals surface area (Å²) in [5, 5.41) is 10.8. The number of β-amino-alcohol motifs (C(OH)–C–C–N with tert-alkyl or cyclic N) is 1. The van der Waals surface area contributed by atoms with Crippen molar-refractivity contribution in [2.45, 2.75) is 26.0 Å². The van der Waals surface area contributed by atoms with Crippen LogP contribution in [0.15, 0.2) is 35.3 Å². The standard InChI is InChI=1S/C19H26N5O3/c1-5-23(6-2)18-20-16-15(17(26)22(4)19(27)21(16)3)24(18)12-14(25)13-10-8-7-9-11-13/h7-11,14-15,25H,5-6,12H2,1-4H3/q+1. The topological polar surface area (TPSA) is 79.5 Å². The van der Waals surface area contributed by atoms with Crippen molar-refractivity contribution in [3.05, 3.63) is 35.9 Å². The molecule has 27 heavy (non-hydrogen) atoms. The van der Waals surface area contributed by atoms with Crippen LogP contribution in [0.2, 0.25) is 0 Å². The lowest BCUT2D eigenvalue weighted by Gasteiger charge is -2.33. The molecule has 0 aromatic heterocycles. The summed E-state index contributed by atoms with van der Waals surface area (Å²) < 4.78 is 2.02. The molecule has 0 spiro atoms. The van der Waals surface area contributed by atoms with Crippen LogP contribution in [0.5, 0.6) is 0 Å². The van der Waals surface area contributed by atoms with E-state index in [-0.39, 0.29) is 12.5 Å². The molecule has 0 saturated carbocycles. The highest BCUT2D eigenvalue weighted by Crippen LogP contribution is 2.25. The van der Waals surface area contributed by atoms with E-state index < -0.39 is 18.2 Å². The number of hydrogen-bond acceptors (Lipinski definition) is 3. The molecule has 1 aromatic carbocycles. The molecule has 2 aliphatic heterocycles. The van der Waals surface area contributed by atoms with Gasteiger partial charge in [-0.05, 0) is 19.4 Å². The lowest BCUT2D eigenvalue weighted by atomic mass is 10.1. The zero-order valence-corrected chi connectivity index (χ0v) is 16.2. The Balaban J connectivity index is 2.02. The number of nitrogens with zero attached hydrogens (tertiary/aromatic N) is 5. The van der Waals surface area contributed by atoms with Crippen LogP contribution in [0.1, 0.15) is 25.5 Å². The van der Waals surface area contributed by atoms with Crippen LogP contribution in [0.3, 0.4) is 0 Å². The van der Waals surface area contributed by atoms with Crippen LogP contribution in [0.4, 0.5) is 4.79 Å². The second-order valence-corrected chi connectivity index (χ2v) is 6.66. The Bertz CT molecular complexity index is 799. The highest BCUT2D eigenvalue weighted by molar-refractivity contribution is 6.25. The molecule has 2 unspecified atom stereocenters. The fraction of sp³-hybridized carbons (Fsp3) is 0.474. The molecule has 0 bridgehead atoms. The van der Waals surface area contributed by atoms with Crippen LogP contribution in [0, 0.1) is 0 Å². The first-order valence-electron chi connectivity index (χ1n) is 9.16. The van der Waals surface area contributed by atoms with E-state index in [2.05, 4.69) is 4.99 Å². The zero-order chi connectivity index (χ0) is 19.7. The number of guanidine groups is 1. The monoisotopic (exact) mass is 372 g/mol. The molecule has 8 nitrogen and oxygen atoms in total. The first-order valence-corrected chi connectivity index (χ1v) is 9.16. The maximum atomic E-state index is 12.9. The van der Waals surface area contributed by atoms with Gasteiger partial charge in [0.25, 0.3) is 5.91 Å². The Morgan fingerprint density at radius 3 is 2.33 bits per heavy atom. The van der Waals surface area contributed by atoms with Crippen molar-refractivity contribution in [3.8, 4) is 0 Å². The van der Waals surface area contributed by atoms with Gasteiger partial charge in [-0.3, -0.25) is 19.2 Å². The number of benzene rings is 1. The first-order chi connectivity index (χ1) is 12.9. The van der Waals surface area contributed by atoms with Gasteiger partial charge >= 0.3 is 12.0 Å². The fourth-order valence-corrected chi connectivity index (χ4v) is 3.50. The van der Waals surface area contributed by atoms with E-state index in [1.165, 1.54) is 11.9 Å². The largest absolute Gasteiger partial charge is 0.392 e. The Hall–Kier alpha value is -2.74. The van der Waals surface area contributed by atoms with Gasteiger partial charge in [0.1, 0.15) is 6.10 Å². The van der Waals surface area contributed by atoms with Gasteiger partial charge in [-0.15, -0.1) is 0 Å². The second-order valence-electron chi connectivity index (χ2n) is 6.66. The highest BCUT2D eigenvalue weighted by atomic mass is 16.3. The predicted octanol–water partition coefficient (Wildman–Crippen LogP) is 0.735. The molecule has 2 heterocycles. The minimum absolute atomic E-state index is 0.203. The van der Waals surface area contributed by atoms with E-state index in [0.29, 0.717) is 24.9 Å². The second kappa shape index (κ2) is 7.48. The highest BCUT2D eigenvalue weighted by Gasteiger charge is 2.55. The Morgan fingerprint density at radius 1 is 1.11 bits per heavy atom. The zero-order valence-electron chi connectivity index (χ0n) is 16.2. The SMILES string of the molecule is CC[N+](CC)=C1N=C2C(C(=O)N(C)C(=O)N2C)N1CC(O)c1ccccc1. The maximum absolute atomic E-state index is 12.9. The number of rotatable bonds is 5. The van der Waals surface area contributed by atoms with Crippen molar-refractivity contribution in [3.63, 3.8) is 0 Å². The van der Waals surface area contributed by atoms with Crippen molar-refractivity contribution < 1.29 is 19.3 Å². The number of hydrogen-bond donors (Lipinski definition) is 1. The number of aliphatic hydroxyl groups excluding tert-OH is 1. The lowest BCUT2D eigenvalue weighted by molar-refractivity contribution is -0.526. The van der Waals surface area contributed by atoms with Gasteiger partial charge in [0.2, 0.25) is 11.9 Å². The maximum Gasteiger partial charge on any atom is 0.392 e. The summed E-state index contributed by atoms with van der Waals surface area (Å²) in [5.41, 5.74) is 0.769. The molecule has 2 atom stereocenters. The van der Waals surface area contributed by atoms with Gasteiger partial charge in [0.05, 0.1) is 19.6 Å². The number of aliphatic imine (C=N–C) groups is 1. The summed E-state index contributed by atoms with van der Waals surface area (Å²) in [6.45, 7) is 5.62. The van der Waals surface area contributed by atoms with E-state index >= 15 is 0 Å². The lowest BCUT2D eigenvalue weighted by Crippen LogP contribution is -2.63. The number of imide groups is 1. The molecule has 2 aliphatic rings. The molecule has 1 N–H and O–H groups in total. The van der Waals surface area contributed by atoms with Crippen molar-refractivity contribution in [1.82, 2.24) is 14.7 Å². The normalized spacial score (nSPS) is 20.8. The summed E-state index contributed by atoms with van der Waals surface area (Å²) in [6, 6.07) is 8.21. The van der Waals surface area contributed by atoms with Gasteiger partial charge in [-0.25, -0.2) is 9.69 Å².